The van der Waals surface area contributed by atoms with E-state index in [2.05, 4.69) is 31.0 Å². The van der Waals surface area contributed by atoms with Gasteiger partial charge in [0.25, 0.3) is 0 Å². The molecule has 5 heterocycles. The minimum atomic E-state index is -0.375. The lowest BCUT2D eigenvalue weighted by Gasteiger charge is -2.32. The van der Waals surface area contributed by atoms with Gasteiger partial charge in [0.15, 0.2) is 0 Å². The SMILES string of the molecule is Fc1ccc(Cl)cc1-c1n[nH]cc1-c1ccc2ncc(N3CC[C@@H](N4CCCCC4)C3)cc2n1. The third-order valence-electron chi connectivity index (χ3n) is 7.06. The largest absolute Gasteiger partial charge is 0.369 e. The molecule has 6 rings (SSSR count). The standard InChI is InChI=1S/C26H26ClFN6/c27-17-4-5-22(28)20(12-17)26-21(15-30-32-26)23-6-7-24-25(31-23)13-19(14-29-24)34-11-8-18(16-34)33-9-2-1-3-10-33/h4-7,12-15,18H,1-3,8-11,16H2,(H,30,32)/t18-/m1/s1. The lowest BCUT2D eigenvalue weighted by Crippen LogP contribution is -2.40. The van der Waals surface area contributed by atoms with Gasteiger partial charge in [0.1, 0.15) is 11.5 Å². The van der Waals surface area contributed by atoms with Gasteiger partial charge in [-0.15, -0.1) is 0 Å². The molecule has 0 bridgehead atoms. The number of rotatable bonds is 4. The molecule has 2 aliphatic heterocycles. The first-order valence-corrected chi connectivity index (χ1v) is 12.3. The van der Waals surface area contributed by atoms with Crippen LogP contribution in [0.25, 0.3) is 33.5 Å². The lowest BCUT2D eigenvalue weighted by atomic mass is 10.0. The van der Waals surface area contributed by atoms with Gasteiger partial charge in [-0.25, -0.2) is 9.37 Å². The zero-order valence-corrected chi connectivity index (χ0v) is 19.6. The van der Waals surface area contributed by atoms with Gasteiger partial charge >= 0.3 is 0 Å². The summed E-state index contributed by atoms with van der Waals surface area (Å²) in [6.07, 6.45) is 8.87. The number of nitrogens with zero attached hydrogens (tertiary/aromatic N) is 5. The molecule has 34 heavy (non-hydrogen) atoms. The maximum absolute atomic E-state index is 14.5. The lowest BCUT2D eigenvalue weighted by molar-refractivity contribution is 0.175. The van der Waals surface area contributed by atoms with Crippen LogP contribution in [0.5, 0.6) is 0 Å². The van der Waals surface area contributed by atoms with Gasteiger partial charge in [0.2, 0.25) is 0 Å². The summed E-state index contributed by atoms with van der Waals surface area (Å²) in [6.45, 7) is 4.51. The number of fused-ring (bicyclic) bond motifs is 1. The van der Waals surface area contributed by atoms with Crippen molar-refractivity contribution in [2.75, 3.05) is 31.1 Å². The number of aromatic nitrogens is 4. The van der Waals surface area contributed by atoms with Crippen molar-refractivity contribution in [3.05, 3.63) is 59.6 Å². The highest BCUT2D eigenvalue weighted by molar-refractivity contribution is 6.30. The number of hydrogen-bond donors (Lipinski definition) is 1. The zero-order valence-electron chi connectivity index (χ0n) is 18.8. The van der Waals surface area contributed by atoms with Gasteiger partial charge in [-0.1, -0.05) is 18.0 Å². The second-order valence-electron chi connectivity index (χ2n) is 9.19. The van der Waals surface area contributed by atoms with Gasteiger partial charge < -0.3 is 4.90 Å². The molecule has 2 fully saturated rings. The maximum atomic E-state index is 14.5. The van der Waals surface area contributed by atoms with Crippen molar-refractivity contribution in [3.8, 4) is 22.5 Å². The molecule has 0 saturated carbocycles. The Balaban J connectivity index is 1.30. The van der Waals surface area contributed by atoms with Gasteiger partial charge in [-0.2, -0.15) is 5.10 Å². The minimum Gasteiger partial charge on any atom is -0.369 e. The average molecular weight is 477 g/mol. The Hall–Kier alpha value is -3.03. The predicted octanol–water partition coefficient (Wildman–Crippen LogP) is 5.54. The van der Waals surface area contributed by atoms with Crippen molar-refractivity contribution in [1.29, 1.82) is 0 Å². The van der Waals surface area contributed by atoms with E-state index in [1.807, 2.05) is 18.3 Å². The zero-order chi connectivity index (χ0) is 23.1. The van der Waals surface area contributed by atoms with Crippen molar-refractivity contribution in [1.82, 2.24) is 25.1 Å². The fourth-order valence-electron chi connectivity index (χ4n) is 5.25. The first-order chi connectivity index (χ1) is 16.7. The summed E-state index contributed by atoms with van der Waals surface area (Å²) in [4.78, 5) is 14.6. The maximum Gasteiger partial charge on any atom is 0.132 e. The topological polar surface area (TPSA) is 60.9 Å². The Morgan fingerprint density at radius 2 is 1.85 bits per heavy atom. The van der Waals surface area contributed by atoms with Crippen LogP contribution in [0.2, 0.25) is 5.02 Å². The molecule has 1 atom stereocenters. The second-order valence-corrected chi connectivity index (χ2v) is 9.62. The molecular formula is C26H26ClFN6. The molecule has 2 aliphatic rings. The fraction of sp³-hybridized carbons (Fsp3) is 0.346. The first kappa shape index (κ1) is 21.5. The highest BCUT2D eigenvalue weighted by atomic mass is 35.5. The van der Waals surface area contributed by atoms with Gasteiger partial charge in [0.05, 0.1) is 28.6 Å². The number of hydrogen-bond acceptors (Lipinski definition) is 5. The van der Waals surface area contributed by atoms with E-state index in [1.165, 1.54) is 50.9 Å². The van der Waals surface area contributed by atoms with E-state index in [0.717, 1.165) is 35.4 Å². The average Bonchev–Trinajstić information content (AvgIpc) is 3.56. The number of likely N-dealkylation sites (tertiary alicyclic amines) is 1. The number of nitrogens with one attached hydrogen (secondary N) is 1. The summed E-state index contributed by atoms with van der Waals surface area (Å²) in [5.41, 5.74) is 5.01. The van der Waals surface area contributed by atoms with Crippen LogP contribution in [-0.2, 0) is 0 Å². The Kier molecular flexibility index (Phi) is 5.67. The number of anilines is 1. The smallest absolute Gasteiger partial charge is 0.132 e. The van der Waals surface area contributed by atoms with Crippen molar-refractivity contribution in [3.63, 3.8) is 0 Å². The van der Waals surface area contributed by atoms with E-state index < -0.39 is 0 Å². The molecule has 1 aromatic carbocycles. The van der Waals surface area contributed by atoms with E-state index in [1.54, 1.807) is 12.3 Å². The molecule has 0 spiro atoms. The summed E-state index contributed by atoms with van der Waals surface area (Å²) in [5, 5.41) is 7.60. The van der Waals surface area contributed by atoms with Crippen molar-refractivity contribution >= 4 is 28.3 Å². The van der Waals surface area contributed by atoms with E-state index in [-0.39, 0.29) is 5.82 Å². The van der Waals surface area contributed by atoms with Crippen LogP contribution in [0.3, 0.4) is 0 Å². The van der Waals surface area contributed by atoms with Crippen molar-refractivity contribution in [2.24, 2.45) is 0 Å². The summed E-state index contributed by atoms with van der Waals surface area (Å²) < 4.78 is 14.5. The number of pyridine rings is 2. The molecule has 8 heteroatoms. The van der Waals surface area contributed by atoms with Crippen LogP contribution >= 0.6 is 11.6 Å². The van der Waals surface area contributed by atoms with Crippen molar-refractivity contribution < 1.29 is 4.39 Å². The number of halogens is 2. The van der Waals surface area contributed by atoms with Gasteiger partial charge in [0, 0.05) is 41.5 Å². The molecule has 2 saturated heterocycles. The Morgan fingerprint density at radius 1 is 0.971 bits per heavy atom. The Labute approximate surface area is 202 Å². The second kappa shape index (κ2) is 8.96. The Bertz CT molecular complexity index is 1330. The molecule has 3 aromatic heterocycles. The molecule has 0 aliphatic carbocycles. The van der Waals surface area contributed by atoms with Gasteiger partial charge in [-0.3, -0.25) is 15.0 Å². The third kappa shape index (κ3) is 4.03. The van der Waals surface area contributed by atoms with Crippen LogP contribution < -0.4 is 4.90 Å². The minimum absolute atomic E-state index is 0.346. The first-order valence-electron chi connectivity index (χ1n) is 11.9. The molecule has 0 amide bonds. The summed E-state index contributed by atoms with van der Waals surface area (Å²) in [7, 11) is 0. The summed E-state index contributed by atoms with van der Waals surface area (Å²) in [6, 6.07) is 11.1. The number of benzene rings is 1. The third-order valence-corrected chi connectivity index (χ3v) is 7.29. The predicted molar refractivity (Wildman–Crippen MR) is 134 cm³/mol. The van der Waals surface area contributed by atoms with Crippen LogP contribution in [0, 0.1) is 5.82 Å². The van der Waals surface area contributed by atoms with E-state index in [4.69, 9.17) is 16.6 Å². The van der Waals surface area contributed by atoms with E-state index >= 15 is 0 Å². The van der Waals surface area contributed by atoms with E-state index in [0.29, 0.717) is 28.0 Å². The molecule has 4 aromatic rings. The molecule has 6 nitrogen and oxygen atoms in total. The number of piperidine rings is 1. The quantitative estimate of drug-likeness (QED) is 0.419. The normalized spacial score (nSPS) is 19.2. The Morgan fingerprint density at radius 3 is 2.74 bits per heavy atom. The van der Waals surface area contributed by atoms with Crippen molar-refractivity contribution in [2.45, 2.75) is 31.7 Å². The van der Waals surface area contributed by atoms with Gasteiger partial charge in [-0.05, 0) is 68.8 Å². The highest BCUT2D eigenvalue weighted by Crippen LogP contribution is 2.33. The molecule has 0 radical (unpaired) electrons. The molecule has 174 valence electrons. The number of aromatic amines is 1. The highest BCUT2D eigenvalue weighted by Gasteiger charge is 2.29. The summed E-state index contributed by atoms with van der Waals surface area (Å²) in [5.74, 6) is -0.375. The molecule has 0 unspecified atom stereocenters. The number of H-pyrrole nitrogens is 1. The fourth-order valence-corrected chi connectivity index (χ4v) is 5.42. The molecular weight excluding hydrogens is 451 g/mol. The summed E-state index contributed by atoms with van der Waals surface area (Å²) >= 11 is 6.11. The van der Waals surface area contributed by atoms with E-state index in [9.17, 15) is 4.39 Å². The molecule has 1 N–H and O–H groups in total. The van der Waals surface area contributed by atoms with Crippen LogP contribution in [0.15, 0.2) is 48.8 Å². The van der Waals surface area contributed by atoms with Crippen LogP contribution in [0.1, 0.15) is 25.7 Å². The monoisotopic (exact) mass is 476 g/mol. The van der Waals surface area contributed by atoms with Crippen LogP contribution in [0.4, 0.5) is 10.1 Å². The van der Waals surface area contributed by atoms with Crippen LogP contribution in [-0.4, -0.2) is 57.3 Å².